The number of phenols is 1. The van der Waals surface area contributed by atoms with E-state index in [0.29, 0.717) is 12.1 Å². The quantitative estimate of drug-likeness (QED) is 0.354. The Morgan fingerprint density at radius 1 is 1.42 bits per heavy atom. The number of aliphatic hydroxyl groups excluding tert-OH is 1. The number of benzene rings is 1. The molecule has 64 valence electrons. The van der Waals surface area contributed by atoms with Gasteiger partial charge in [-0.25, -0.2) is 0 Å². The fourth-order valence-corrected chi connectivity index (χ4v) is 0.957. The Balaban J connectivity index is 2.92. The molecule has 1 aromatic rings. The molecule has 0 saturated heterocycles. The SMILES string of the molecule is Nc1c(O)cccc1CC=CO. The van der Waals surface area contributed by atoms with Crippen LogP contribution in [0.5, 0.6) is 5.75 Å². The van der Waals surface area contributed by atoms with Crippen molar-refractivity contribution in [2.75, 3.05) is 5.73 Å². The van der Waals surface area contributed by atoms with Gasteiger partial charge in [0.15, 0.2) is 0 Å². The molecule has 0 aliphatic rings. The highest BCUT2D eigenvalue weighted by Gasteiger charge is 2.00. The van der Waals surface area contributed by atoms with Crippen molar-refractivity contribution in [2.24, 2.45) is 0 Å². The molecule has 1 rings (SSSR count). The predicted octanol–water partition coefficient (Wildman–Crippen LogP) is 1.59. The van der Waals surface area contributed by atoms with Crippen molar-refractivity contribution in [1.29, 1.82) is 0 Å². The van der Waals surface area contributed by atoms with Gasteiger partial charge in [-0.1, -0.05) is 12.1 Å². The first-order valence-electron chi connectivity index (χ1n) is 3.61. The third-order valence-electron chi connectivity index (χ3n) is 1.62. The maximum atomic E-state index is 9.19. The van der Waals surface area contributed by atoms with E-state index in [9.17, 15) is 5.11 Å². The number of rotatable bonds is 2. The predicted molar refractivity (Wildman–Crippen MR) is 48.0 cm³/mol. The highest BCUT2D eigenvalue weighted by atomic mass is 16.3. The molecule has 0 spiro atoms. The summed E-state index contributed by atoms with van der Waals surface area (Å²) in [5.41, 5.74) is 6.73. The Labute approximate surface area is 70.8 Å². The van der Waals surface area contributed by atoms with E-state index in [0.717, 1.165) is 11.8 Å². The summed E-state index contributed by atoms with van der Waals surface area (Å²) in [7, 11) is 0. The van der Waals surface area contributed by atoms with Gasteiger partial charge in [-0.15, -0.1) is 0 Å². The van der Waals surface area contributed by atoms with E-state index in [4.69, 9.17) is 10.8 Å². The largest absolute Gasteiger partial charge is 0.516 e. The zero-order valence-electron chi connectivity index (χ0n) is 6.57. The molecule has 0 radical (unpaired) electrons. The van der Waals surface area contributed by atoms with Crippen molar-refractivity contribution in [3.8, 4) is 5.75 Å². The van der Waals surface area contributed by atoms with Crippen LogP contribution in [-0.2, 0) is 6.42 Å². The van der Waals surface area contributed by atoms with Crippen LogP contribution in [-0.4, -0.2) is 10.2 Å². The molecule has 1 aromatic carbocycles. The molecule has 12 heavy (non-hydrogen) atoms. The van der Waals surface area contributed by atoms with Crippen molar-refractivity contribution in [2.45, 2.75) is 6.42 Å². The lowest BCUT2D eigenvalue weighted by Crippen LogP contribution is -1.92. The number of phenolic OH excluding ortho intramolecular Hbond substituents is 1. The third kappa shape index (κ3) is 1.69. The fraction of sp³-hybridized carbons (Fsp3) is 0.111. The van der Waals surface area contributed by atoms with Gasteiger partial charge in [0, 0.05) is 0 Å². The second-order valence-electron chi connectivity index (χ2n) is 2.44. The van der Waals surface area contributed by atoms with Crippen LogP contribution in [0.1, 0.15) is 5.56 Å². The lowest BCUT2D eigenvalue weighted by molar-refractivity contribution is 0.471. The Bertz CT molecular complexity index is 295. The van der Waals surface area contributed by atoms with E-state index in [2.05, 4.69) is 0 Å². The number of para-hydroxylation sites is 1. The smallest absolute Gasteiger partial charge is 0.138 e. The summed E-state index contributed by atoms with van der Waals surface area (Å²) in [6.07, 6.45) is 3.05. The molecular weight excluding hydrogens is 154 g/mol. The summed E-state index contributed by atoms with van der Waals surface area (Å²) in [5, 5.41) is 17.6. The van der Waals surface area contributed by atoms with Crippen LogP contribution >= 0.6 is 0 Å². The Morgan fingerprint density at radius 3 is 2.83 bits per heavy atom. The van der Waals surface area contributed by atoms with Crippen molar-refractivity contribution in [1.82, 2.24) is 0 Å². The van der Waals surface area contributed by atoms with Gasteiger partial charge in [-0.2, -0.15) is 0 Å². The molecule has 0 saturated carbocycles. The average molecular weight is 165 g/mol. The first-order valence-corrected chi connectivity index (χ1v) is 3.61. The van der Waals surface area contributed by atoms with E-state index in [1.807, 2.05) is 0 Å². The fourth-order valence-electron chi connectivity index (χ4n) is 0.957. The van der Waals surface area contributed by atoms with Crippen LogP contribution in [0.3, 0.4) is 0 Å². The molecule has 0 bridgehead atoms. The Kier molecular flexibility index (Phi) is 2.58. The minimum atomic E-state index is 0.0823. The average Bonchev–Trinajstić information content (AvgIpc) is 2.08. The van der Waals surface area contributed by atoms with E-state index in [-0.39, 0.29) is 5.75 Å². The number of anilines is 1. The summed E-state index contributed by atoms with van der Waals surface area (Å²) >= 11 is 0. The van der Waals surface area contributed by atoms with Crippen molar-refractivity contribution in [3.05, 3.63) is 36.1 Å². The first-order chi connectivity index (χ1) is 5.75. The first kappa shape index (κ1) is 8.46. The van der Waals surface area contributed by atoms with Gasteiger partial charge < -0.3 is 15.9 Å². The summed E-state index contributed by atoms with van der Waals surface area (Å²) < 4.78 is 0. The lowest BCUT2D eigenvalue weighted by Gasteiger charge is -2.03. The van der Waals surface area contributed by atoms with Gasteiger partial charge in [0.1, 0.15) is 5.75 Å². The van der Waals surface area contributed by atoms with Crippen LogP contribution in [0.2, 0.25) is 0 Å². The van der Waals surface area contributed by atoms with Crippen molar-refractivity contribution in [3.63, 3.8) is 0 Å². The number of nitrogens with two attached hydrogens (primary N) is 1. The highest BCUT2D eigenvalue weighted by molar-refractivity contribution is 5.58. The number of aliphatic hydroxyl groups is 1. The highest BCUT2D eigenvalue weighted by Crippen LogP contribution is 2.23. The van der Waals surface area contributed by atoms with Gasteiger partial charge in [0.05, 0.1) is 11.9 Å². The van der Waals surface area contributed by atoms with Gasteiger partial charge in [0.25, 0.3) is 0 Å². The summed E-state index contributed by atoms with van der Waals surface area (Å²) in [4.78, 5) is 0. The standard InChI is InChI=1S/C9H11NO2/c10-9-7(4-2-6-11)3-1-5-8(9)12/h1-3,5-6,11-12H,4,10H2. The monoisotopic (exact) mass is 165 g/mol. The van der Waals surface area contributed by atoms with Gasteiger partial charge >= 0.3 is 0 Å². The maximum Gasteiger partial charge on any atom is 0.138 e. The minimum absolute atomic E-state index is 0.0823. The van der Waals surface area contributed by atoms with Crippen LogP contribution in [0.4, 0.5) is 5.69 Å². The molecule has 0 amide bonds. The second kappa shape index (κ2) is 3.67. The number of nitrogen functional groups attached to an aromatic ring is 1. The molecule has 0 aliphatic carbocycles. The van der Waals surface area contributed by atoms with E-state index >= 15 is 0 Å². The minimum Gasteiger partial charge on any atom is -0.516 e. The number of hydrogen-bond acceptors (Lipinski definition) is 3. The summed E-state index contributed by atoms with van der Waals surface area (Å²) in [6, 6.07) is 5.04. The summed E-state index contributed by atoms with van der Waals surface area (Å²) in [5.74, 6) is 0.0823. The van der Waals surface area contributed by atoms with Crippen molar-refractivity contribution >= 4 is 5.69 Å². The van der Waals surface area contributed by atoms with Crippen molar-refractivity contribution < 1.29 is 10.2 Å². The molecule has 0 aromatic heterocycles. The zero-order chi connectivity index (χ0) is 8.97. The topological polar surface area (TPSA) is 66.5 Å². The third-order valence-corrected chi connectivity index (χ3v) is 1.62. The van der Waals surface area contributed by atoms with Crippen LogP contribution < -0.4 is 5.73 Å². The van der Waals surface area contributed by atoms with Gasteiger partial charge in [-0.3, -0.25) is 0 Å². The molecular formula is C9H11NO2. The van der Waals surface area contributed by atoms with E-state index < -0.39 is 0 Å². The van der Waals surface area contributed by atoms with Gasteiger partial charge in [0.2, 0.25) is 0 Å². The molecule has 0 atom stereocenters. The summed E-state index contributed by atoms with van der Waals surface area (Å²) in [6.45, 7) is 0. The number of allylic oxidation sites excluding steroid dienone is 1. The number of aromatic hydroxyl groups is 1. The molecule has 0 heterocycles. The molecule has 4 N–H and O–H groups in total. The number of hydrogen-bond donors (Lipinski definition) is 3. The van der Waals surface area contributed by atoms with E-state index in [1.165, 1.54) is 6.07 Å². The lowest BCUT2D eigenvalue weighted by atomic mass is 10.1. The Morgan fingerprint density at radius 2 is 2.17 bits per heavy atom. The zero-order valence-corrected chi connectivity index (χ0v) is 6.57. The van der Waals surface area contributed by atoms with Crippen LogP contribution in [0.15, 0.2) is 30.5 Å². The van der Waals surface area contributed by atoms with Gasteiger partial charge in [-0.05, 0) is 24.1 Å². The molecule has 3 nitrogen and oxygen atoms in total. The van der Waals surface area contributed by atoms with Crippen LogP contribution in [0.25, 0.3) is 0 Å². The maximum absolute atomic E-state index is 9.19. The normalized spacial score (nSPS) is 10.7. The molecule has 0 unspecified atom stereocenters. The second-order valence-corrected chi connectivity index (χ2v) is 2.44. The Hall–Kier alpha value is -1.64. The van der Waals surface area contributed by atoms with E-state index in [1.54, 1.807) is 18.2 Å². The molecule has 3 heteroatoms. The molecule has 0 aliphatic heterocycles. The van der Waals surface area contributed by atoms with Crippen LogP contribution in [0, 0.1) is 0 Å². The molecule has 0 fully saturated rings.